The Hall–Kier alpha value is -3.23. The zero-order valence-electron chi connectivity index (χ0n) is 15.3. The van der Waals surface area contributed by atoms with E-state index in [4.69, 9.17) is 4.42 Å². The average Bonchev–Trinajstić information content (AvgIpc) is 3.27. The third kappa shape index (κ3) is 3.23. The molecule has 9 heteroatoms. The number of halogens is 3. The standard InChI is InChI=1S/C19H16F3N5O/c1-10-4-6-14-13(8-10)5-7-15(23-14)18-25-24-17(28-18)12(3)27-11(2)9-16(26-27)19(20,21)22/h4-9,12H,1-3H3. The van der Waals surface area contributed by atoms with Crippen LogP contribution < -0.4 is 0 Å². The molecule has 0 bridgehead atoms. The fourth-order valence-corrected chi connectivity index (χ4v) is 2.99. The number of benzene rings is 1. The van der Waals surface area contributed by atoms with E-state index in [1.54, 1.807) is 19.9 Å². The molecule has 6 nitrogen and oxygen atoms in total. The van der Waals surface area contributed by atoms with Crippen molar-refractivity contribution < 1.29 is 17.6 Å². The first-order chi connectivity index (χ1) is 13.2. The smallest absolute Gasteiger partial charge is 0.417 e. The first kappa shape index (κ1) is 18.1. The minimum atomic E-state index is -4.51. The van der Waals surface area contributed by atoms with Crippen molar-refractivity contribution in [1.29, 1.82) is 0 Å². The number of rotatable bonds is 3. The molecule has 0 radical (unpaired) electrons. The fraction of sp³-hybridized carbons (Fsp3) is 0.263. The van der Waals surface area contributed by atoms with Gasteiger partial charge in [0.15, 0.2) is 5.69 Å². The van der Waals surface area contributed by atoms with E-state index in [2.05, 4.69) is 20.3 Å². The van der Waals surface area contributed by atoms with E-state index in [-0.39, 0.29) is 11.8 Å². The second-order valence-corrected chi connectivity index (χ2v) is 6.63. The molecule has 28 heavy (non-hydrogen) atoms. The molecule has 4 rings (SSSR count). The Bertz CT molecular complexity index is 1160. The predicted octanol–water partition coefficient (Wildman–Crippen LogP) is 4.73. The Morgan fingerprint density at radius 3 is 2.54 bits per heavy atom. The summed E-state index contributed by atoms with van der Waals surface area (Å²) in [7, 11) is 0. The van der Waals surface area contributed by atoms with Crippen LogP contribution in [-0.4, -0.2) is 25.0 Å². The summed E-state index contributed by atoms with van der Waals surface area (Å²) >= 11 is 0. The van der Waals surface area contributed by atoms with Gasteiger partial charge < -0.3 is 4.42 Å². The van der Waals surface area contributed by atoms with Crippen LogP contribution in [0.25, 0.3) is 22.5 Å². The number of nitrogens with zero attached hydrogens (tertiary/aromatic N) is 5. The summed E-state index contributed by atoms with van der Waals surface area (Å²) in [6, 6.07) is 9.89. The van der Waals surface area contributed by atoms with Gasteiger partial charge in [-0.1, -0.05) is 17.7 Å². The summed E-state index contributed by atoms with van der Waals surface area (Å²) in [6.45, 7) is 5.19. The molecule has 1 atom stereocenters. The molecule has 0 amide bonds. The Kier molecular flexibility index (Phi) is 4.17. The van der Waals surface area contributed by atoms with Gasteiger partial charge in [0.05, 0.1) is 5.52 Å². The van der Waals surface area contributed by atoms with Crippen molar-refractivity contribution in [3.05, 3.63) is 59.2 Å². The van der Waals surface area contributed by atoms with Gasteiger partial charge in [-0.15, -0.1) is 10.2 Å². The van der Waals surface area contributed by atoms with Crippen LogP contribution >= 0.6 is 0 Å². The zero-order chi connectivity index (χ0) is 20.1. The number of aryl methyl sites for hydroxylation is 2. The Morgan fingerprint density at radius 1 is 1.04 bits per heavy atom. The highest BCUT2D eigenvalue weighted by atomic mass is 19.4. The first-order valence-electron chi connectivity index (χ1n) is 8.57. The lowest BCUT2D eigenvalue weighted by molar-refractivity contribution is -0.141. The molecule has 1 unspecified atom stereocenters. The number of fused-ring (bicyclic) bond motifs is 1. The summed E-state index contributed by atoms with van der Waals surface area (Å²) in [5, 5.41) is 12.6. The van der Waals surface area contributed by atoms with E-state index in [1.165, 1.54) is 4.68 Å². The number of hydrogen-bond donors (Lipinski definition) is 0. The van der Waals surface area contributed by atoms with Gasteiger partial charge >= 0.3 is 6.18 Å². The topological polar surface area (TPSA) is 69.6 Å². The van der Waals surface area contributed by atoms with Crippen LogP contribution in [-0.2, 0) is 6.18 Å². The minimum absolute atomic E-state index is 0.153. The van der Waals surface area contributed by atoms with E-state index < -0.39 is 17.9 Å². The van der Waals surface area contributed by atoms with Crippen LogP contribution in [0.4, 0.5) is 13.2 Å². The number of pyridine rings is 1. The summed E-state index contributed by atoms with van der Waals surface area (Å²) in [5.74, 6) is 0.353. The molecule has 1 aromatic carbocycles. The first-order valence-corrected chi connectivity index (χ1v) is 8.57. The molecule has 3 heterocycles. The highest BCUT2D eigenvalue weighted by molar-refractivity contribution is 5.81. The second-order valence-electron chi connectivity index (χ2n) is 6.63. The van der Waals surface area contributed by atoms with Crippen LogP contribution in [0.3, 0.4) is 0 Å². The van der Waals surface area contributed by atoms with Crippen LogP contribution in [0, 0.1) is 13.8 Å². The number of alkyl halides is 3. The Balaban J connectivity index is 1.66. The molecule has 0 saturated carbocycles. The molecule has 0 saturated heterocycles. The normalized spacial score (nSPS) is 13.2. The Morgan fingerprint density at radius 2 is 1.82 bits per heavy atom. The van der Waals surface area contributed by atoms with Crippen molar-refractivity contribution in [2.75, 3.05) is 0 Å². The second kappa shape index (κ2) is 6.43. The molecule has 0 N–H and O–H groups in total. The molecule has 0 aliphatic carbocycles. The van der Waals surface area contributed by atoms with Gasteiger partial charge in [-0.25, -0.2) is 4.98 Å². The van der Waals surface area contributed by atoms with Gasteiger partial charge in [-0.05, 0) is 45.0 Å². The quantitative estimate of drug-likeness (QED) is 0.508. The lowest BCUT2D eigenvalue weighted by Gasteiger charge is -2.10. The van der Waals surface area contributed by atoms with E-state index in [0.717, 1.165) is 22.5 Å². The van der Waals surface area contributed by atoms with Crippen molar-refractivity contribution in [3.8, 4) is 11.6 Å². The van der Waals surface area contributed by atoms with E-state index in [9.17, 15) is 13.2 Å². The molecular formula is C19H16F3N5O. The largest absolute Gasteiger partial charge is 0.435 e. The maximum absolute atomic E-state index is 12.9. The van der Waals surface area contributed by atoms with Crippen molar-refractivity contribution in [2.24, 2.45) is 0 Å². The fourth-order valence-electron chi connectivity index (χ4n) is 2.99. The predicted molar refractivity (Wildman–Crippen MR) is 95.6 cm³/mol. The summed E-state index contributed by atoms with van der Waals surface area (Å²) in [6.07, 6.45) is -4.51. The van der Waals surface area contributed by atoms with Gasteiger partial charge in [0.2, 0.25) is 5.89 Å². The molecule has 0 spiro atoms. The van der Waals surface area contributed by atoms with Gasteiger partial charge in [-0.3, -0.25) is 4.68 Å². The summed E-state index contributed by atoms with van der Waals surface area (Å²) < 4.78 is 45.6. The van der Waals surface area contributed by atoms with Gasteiger partial charge in [0.1, 0.15) is 11.7 Å². The number of hydrogen-bond acceptors (Lipinski definition) is 5. The lowest BCUT2D eigenvalue weighted by atomic mass is 10.1. The molecular weight excluding hydrogens is 371 g/mol. The van der Waals surface area contributed by atoms with Crippen LogP contribution in [0.15, 0.2) is 40.8 Å². The molecule has 0 aliphatic heterocycles. The third-order valence-corrected chi connectivity index (χ3v) is 4.44. The van der Waals surface area contributed by atoms with Crippen LogP contribution in [0.5, 0.6) is 0 Å². The lowest BCUT2D eigenvalue weighted by Crippen LogP contribution is -2.13. The molecule has 0 fully saturated rings. The SMILES string of the molecule is Cc1ccc2nc(-c3nnc(C(C)n4nc(C(F)(F)F)cc4C)o3)ccc2c1. The van der Waals surface area contributed by atoms with E-state index in [1.807, 2.05) is 31.2 Å². The van der Waals surface area contributed by atoms with Crippen molar-refractivity contribution in [2.45, 2.75) is 33.0 Å². The van der Waals surface area contributed by atoms with Crippen LogP contribution in [0.1, 0.15) is 35.8 Å². The third-order valence-electron chi connectivity index (χ3n) is 4.44. The maximum Gasteiger partial charge on any atom is 0.435 e. The molecule has 4 aromatic rings. The molecule has 144 valence electrons. The average molecular weight is 387 g/mol. The van der Waals surface area contributed by atoms with Crippen molar-refractivity contribution in [3.63, 3.8) is 0 Å². The van der Waals surface area contributed by atoms with Crippen molar-refractivity contribution >= 4 is 10.9 Å². The summed E-state index contributed by atoms with van der Waals surface area (Å²) in [5.41, 5.74) is 1.80. The monoisotopic (exact) mass is 387 g/mol. The molecule has 0 aliphatic rings. The molecule has 3 aromatic heterocycles. The van der Waals surface area contributed by atoms with Crippen molar-refractivity contribution in [1.82, 2.24) is 25.0 Å². The number of aromatic nitrogens is 5. The van der Waals surface area contributed by atoms with Gasteiger partial charge in [0, 0.05) is 11.1 Å². The van der Waals surface area contributed by atoms with E-state index in [0.29, 0.717) is 11.4 Å². The zero-order valence-corrected chi connectivity index (χ0v) is 15.3. The maximum atomic E-state index is 12.9. The van der Waals surface area contributed by atoms with Crippen LogP contribution in [0.2, 0.25) is 0 Å². The van der Waals surface area contributed by atoms with Gasteiger partial charge in [0.25, 0.3) is 5.89 Å². The Labute approximate surface area is 158 Å². The summed E-state index contributed by atoms with van der Waals surface area (Å²) in [4.78, 5) is 4.52. The van der Waals surface area contributed by atoms with E-state index >= 15 is 0 Å². The highest BCUT2D eigenvalue weighted by Gasteiger charge is 2.35. The highest BCUT2D eigenvalue weighted by Crippen LogP contribution is 2.30. The van der Waals surface area contributed by atoms with Gasteiger partial charge in [-0.2, -0.15) is 18.3 Å². The minimum Gasteiger partial charge on any atom is -0.417 e.